The average molecular weight is 284 g/mol. The molecule has 0 unspecified atom stereocenters. The molecule has 0 spiro atoms. The number of amides is 1. The number of carbonyl (C=O) groups is 2. The molecule has 0 aliphatic carbocycles. The fourth-order valence-electron chi connectivity index (χ4n) is 1.35. The fourth-order valence-corrected chi connectivity index (χ4v) is 2.28. The molecule has 0 saturated heterocycles. The molecule has 0 saturated carbocycles. The van der Waals surface area contributed by atoms with Crippen LogP contribution in [0.3, 0.4) is 0 Å². The number of thioether (sulfide) groups is 1. The van der Waals surface area contributed by atoms with Gasteiger partial charge >= 0.3 is 5.97 Å². The number of carboxylic acids is 1. The van der Waals surface area contributed by atoms with Gasteiger partial charge in [0.1, 0.15) is 0 Å². The van der Waals surface area contributed by atoms with E-state index < -0.39 is 16.8 Å². The molecule has 19 heavy (non-hydrogen) atoms. The van der Waals surface area contributed by atoms with Crippen LogP contribution in [0.25, 0.3) is 0 Å². The molecule has 0 aromatic heterocycles. The van der Waals surface area contributed by atoms with Crippen LogP contribution in [0.5, 0.6) is 0 Å². The number of nitro benzene ring substituents is 1. The second-order valence-corrected chi connectivity index (χ2v) is 4.77. The Morgan fingerprint density at radius 3 is 2.63 bits per heavy atom. The zero-order valence-electron chi connectivity index (χ0n) is 9.87. The Morgan fingerprint density at radius 2 is 2.11 bits per heavy atom. The number of carbonyl (C=O) groups excluding carboxylic acids is 1. The van der Waals surface area contributed by atoms with Gasteiger partial charge in [-0.3, -0.25) is 19.7 Å². The normalized spacial score (nSPS) is 10.1. The number of nitrogens with two attached hydrogens (primary N) is 1. The minimum Gasteiger partial charge on any atom is -0.481 e. The number of nitro groups is 1. The summed E-state index contributed by atoms with van der Waals surface area (Å²) in [4.78, 5) is 31.6. The van der Waals surface area contributed by atoms with Crippen molar-refractivity contribution in [1.82, 2.24) is 0 Å². The Morgan fingerprint density at radius 1 is 1.42 bits per heavy atom. The summed E-state index contributed by atoms with van der Waals surface area (Å²) >= 11 is 1.28. The highest BCUT2D eigenvalue weighted by molar-refractivity contribution is 7.98. The summed E-state index contributed by atoms with van der Waals surface area (Å²) < 4.78 is 0. The molecule has 8 heteroatoms. The van der Waals surface area contributed by atoms with Crippen LogP contribution < -0.4 is 5.73 Å². The van der Waals surface area contributed by atoms with Crippen LogP contribution in [0.1, 0.15) is 22.3 Å². The molecule has 1 rings (SSSR count). The predicted molar refractivity (Wildman–Crippen MR) is 70.0 cm³/mol. The minimum absolute atomic E-state index is 0.00215. The molecule has 0 fully saturated rings. The molecule has 0 heterocycles. The summed E-state index contributed by atoms with van der Waals surface area (Å²) in [5, 5.41) is 19.4. The van der Waals surface area contributed by atoms with Crippen LogP contribution >= 0.6 is 11.8 Å². The minimum atomic E-state index is -0.911. The number of nitrogens with zero attached hydrogens (tertiary/aromatic N) is 1. The van der Waals surface area contributed by atoms with Crippen LogP contribution in [0.4, 0.5) is 5.69 Å². The first-order chi connectivity index (χ1) is 8.91. The van der Waals surface area contributed by atoms with E-state index in [4.69, 9.17) is 10.8 Å². The third-order valence-electron chi connectivity index (χ3n) is 2.28. The van der Waals surface area contributed by atoms with Crippen LogP contribution in [-0.4, -0.2) is 27.7 Å². The van der Waals surface area contributed by atoms with Gasteiger partial charge in [0.05, 0.1) is 11.3 Å². The fraction of sp³-hybridized carbons (Fsp3) is 0.273. The molecule has 3 N–H and O–H groups in total. The van der Waals surface area contributed by atoms with E-state index in [0.717, 1.165) is 6.07 Å². The van der Waals surface area contributed by atoms with Crippen LogP contribution in [0, 0.1) is 10.1 Å². The number of benzene rings is 1. The van der Waals surface area contributed by atoms with Crippen LogP contribution in [0.15, 0.2) is 18.2 Å². The first kappa shape index (κ1) is 15.0. The lowest BCUT2D eigenvalue weighted by atomic mass is 10.1. The molecular formula is C11H12N2O5S. The van der Waals surface area contributed by atoms with Crippen molar-refractivity contribution < 1.29 is 19.6 Å². The second-order valence-electron chi connectivity index (χ2n) is 3.66. The smallest absolute Gasteiger partial charge is 0.304 e. The molecule has 1 amide bonds. The average Bonchev–Trinajstić information content (AvgIpc) is 2.34. The molecule has 102 valence electrons. The largest absolute Gasteiger partial charge is 0.481 e. The highest BCUT2D eigenvalue weighted by Gasteiger charge is 2.16. The van der Waals surface area contributed by atoms with E-state index in [-0.39, 0.29) is 17.7 Å². The van der Waals surface area contributed by atoms with Crippen LogP contribution in [0.2, 0.25) is 0 Å². The number of hydrogen-bond donors (Lipinski definition) is 2. The van der Waals surface area contributed by atoms with Gasteiger partial charge < -0.3 is 10.8 Å². The van der Waals surface area contributed by atoms with E-state index >= 15 is 0 Å². The maximum absolute atomic E-state index is 11.0. The van der Waals surface area contributed by atoms with Crippen molar-refractivity contribution in [2.24, 2.45) is 5.73 Å². The van der Waals surface area contributed by atoms with Gasteiger partial charge in [-0.05, 0) is 6.07 Å². The van der Waals surface area contributed by atoms with E-state index in [0.29, 0.717) is 17.1 Å². The molecule has 1 aromatic carbocycles. The standard InChI is InChI=1S/C11H12N2O5S/c12-11(16)7-1-2-8(9(5-7)13(17)18)6-19-4-3-10(14)15/h1-2,5H,3-4,6H2,(H2,12,16)(H,14,15). The number of rotatable bonds is 7. The summed E-state index contributed by atoms with van der Waals surface area (Å²) in [5.41, 5.74) is 5.38. The lowest BCUT2D eigenvalue weighted by Crippen LogP contribution is -2.11. The SMILES string of the molecule is NC(=O)c1ccc(CSCCC(=O)O)c([N+](=O)[O-])c1. The van der Waals surface area contributed by atoms with Crippen molar-refractivity contribution in [3.63, 3.8) is 0 Å². The van der Waals surface area contributed by atoms with Gasteiger partial charge in [0, 0.05) is 28.7 Å². The zero-order valence-corrected chi connectivity index (χ0v) is 10.7. The summed E-state index contributed by atoms with van der Waals surface area (Å²) in [6.45, 7) is 0. The van der Waals surface area contributed by atoms with E-state index in [1.807, 2.05) is 0 Å². The molecule has 0 radical (unpaired) electrons. The van der Waals surface area contributed by atoms with Gasteiger partial charge in [-0.15, -0.1) is 0 Å². The Balaban J connectivity index is 2.79. The van der Waals surface area contributed by atoms with Gasteiger partial charge in [0.25, 0.3) is 5.69 Å². The lowest BCUT2D eigenvalue weighted by Gasteiger charge is -2.04. The predicted octanol–water partition coefficient (Wildman–Crippen LogP) is 1.40. The summed E-state index contributed by atoms with van der Waals surface area (Å²) in [5.74, 6) is -0.966. The Hall–Kier alpha value is -2.09. The topological polar surface area (TPSA) is 124 Å². The van der Waals surface area contributed by atoms with Gasteiger partial charge in [-0.1, -0.05) is 6.07 Å². The zero-order chi connectivity index (χ0) is 14.4. The molecular weight excluding hydrogens is 272 g/mol. The van der Waals surface area contributed by atoms with Crippen molar-refractivity contribution in [3.8, 4) is 0 Å². The first-order valence-corrected chi connectivity index (χ1v) is 6.44. The second kappa shape index (κ2) is 6.74. The number of aliphatic carboxylic acids is 1. The quantitative estimate of drug-likeness (QED) is 0.443. The van der Waals surface area contributed by atoms with Crippen molar-refractivity contribution >= 4 is 29.3 Å². The Kier molecular flexibility index (Phi) is 5.31. The number of hydrogen-bond acceptors (Lipinski definition) is 5. The summed E-state index contributed by atoms with van der Waals surface area (Å²) in [6.07, 6.45) is -0.00215. The van der Waals surface area contributed by atoms with E-state index in [1.165, 1.54) is 23.9 Å². The Bertz CT molecular complexity index is 518. The third kappa shape index (κ3) is 4.59. The Labute approximate surface area is 112 Å². The van der Waals surface area contributed by atoms with Gasteiger partial charge in [-0.2, -0.15) is 11.8 Å². The van der Waals surface area contributed by atoms with E-state index in [2.05, 4.69) is 0 Å². The van der Waals surface area contributed by atoms with E-state index in [9.17, 15) is 19.7 Å². The monoisotopic (exact) mass is 284 g/mol. The molecule has 1 aromatic rings. The number of primary amides is 1. The maximum Gasteiger partial charge on any atom is 0.304 e. The van der Waals surface area contributed by atoms with Crippen molar-refractivity contribution in [2.45, 2.75) is 12.2 Å². The molecule has 0 aliphatic heterocycles. The lowest BCUT2D eigenvalue weighted by molar-refractivity contribution is -0.385. The molecule has 0 atom stereocenters. The number of carboxylic acid groups (broad SMARTS) is 1. The highest BCUT2D eigenvalue weighted by Crippen LogP contribution is 2.24. The van der Waals surface area contributed by atoms with Crippen molar-refractivity contribution in [3.05, 3.63) is 39.4 Å². The molecule has 0 bridgehead atoms. The molecule has 0 aliphatic rings. The van der Waals surface area contributed by atoms with E-state index in [1.54, 1.807) is 0 Å². The summed E-state index contributed by atoms with van der Waals surface area (Å²) in [7, 11) is 0. The first-order valence-electron chi connectivity index (χ1n) is 5.28. The third-order valence-corrected chi connectivity index (χ3v) is 3.29. The highest BCUT2D eigenvalue weighted by atomic mass is 32.2. The van der Waals surface area contributed by atoms with Gasteiger partial charge in [-0.25, -0.2) is 0 Å². The maximum atomic E-state index is 11.0. The van der Waals surface area contributed by atoms with Crippen molar-refractivity contribution in [2.75, 3.05) is 5.75 Å². The van der Waals surface area contributed by atoms with Gasteiger partial charge in [0.15, 0.2) is 0 Å². The summed E-state index contributed by atoms with van der Waals surface area (Å²) in [6, 6.07) is 4.02. The molecule has 7 nitrogen and oxygen atoms in total. The van der Waals surface area contributed by atoms with Gasteiger partial charge in [0.2, 0.25) is 5.91 Å². The van der Waals surface area contributed by atoms with Crippen LogP contribution in [-0.2, 0) is 10.5 Å². The van der Waals surface area contributed by atoms with Crippen molar-refractivity contribution in [1.29, 1.82) is 0 Å².